The Kier molecular flexibility index (Phi) is 3.70. The van der Waals surface area contributed by atoms with Gasteiger partial charge in [0.15, 0.2) is 0 Å². The minimum Gasteiger partial charge on any atom is -0.384 e. The molecular weight excluding hydrogens is 260 g/mol. The highest BCUT2D eigenvalue weighted by Crippen LogP contribution is 2.30. The van der Waals surface area contributed by atoms with Gasteiger partial charge in [-0.1, -0.05) is 48.5 Å². The second-order valence-electron chi connectivity index (χ2n) is 6.11. The first-order chi connectivity index (χ1) is 10.1. The van der Waals surface area contributed by atoms with Gasteiger partial charge in [-0.3, -0.25) is 0 Å². The van der Waals surface area contributed by atoms with Crippen molar-refractivity contribution in [3.8, 4) is 0 Å². The molecule has 0 saturated carbocycles. The Balaban J connectivity index is 1.88. The number of hydrogen-bond acceptors (Lipinski definition) is 3. The fourth-order valence-corrected chi connectivity index (χ4v) is 3.13. The second kappa shape index (κ2) is 5.51. The van der Waals surface area contributed by atoms with Crippen LogP contribution in [0.5, 0.6) is 0 Å². The standard InChI is InChI=1S/C18H22N2O/c1-18(21,15-8-3-2-4-9-15)13-20-12-16(19)11-14-7-5-6-10-17(14)20/h2-10,16,21H,11-13,19H2,1H3. The molecule has 110 valence electrons. The monoisotopic (exact) mass is 282 g/mol. The lowest BCUT2D eigenvalue weighted by molar-refractivity contribution is 0.0638. The average Bonchev–Trinajstić information content (AvgIpc) is 2.47. The van der Waals surface area contributed by atoms with Crippen LogP contribution in [-0.2, 0) is 12.0 Å². The average molecular weight is 282 g/mol. The summed E-state index contributed by atoms with van der Waals surface area (Å²) in [6.07, 6.45) is 0.903. The third kappa shape index (κ3) is 2.94. The molecule has 0 aromatic heterocycles. The number of nitrogens with zero attached hydrogens (tertiary/aromatic N) is 1. The molecule has 0 fully saturated rings. The molecule has 3 rings (SSSR count). The summed E-state index contributed by atoms with van der Waals surface area (Å²) in [5.74, 6) is 0. The zero-order valence-electron chi connectivity index (χ0n) is 12.4. The number of fused-ring (bicyclic) bond motifs is 1. The summed E-state index contributed by atoms with van der Waals surface area (Å²) in [5.41, 5.74) is 8.66. The highest BCUT2D eigenvalue weighted by atomic mass is 16.3. The first-order valence-electron chi connectivity index (χ1n) is 7.42. The van der Waals surface area contributed by atoms with E-state index in [4.69, 9.17) is 5.73 Å². The molecule has 0 radical (unpaired) electrons. The van der Waals surface area contributed by atoms with Gasteiger partial charge in [0.25, 0.3) is 0 Å². The number of benzene rings is 2. The maximum absolute atomic E-state index is 10.9. The van der Waals surface area contributed by atoms with E-state index in [1.807, 2.05) is 49.4 Å². The fourth-order valence-electron chi connectivity index (χ4n) is 3.13. The van der Waals surface area contributed by atoms with Gasteiger partial charge in [0.2, 0.25) is 0 Å². The maximum atomic E-state index is 10.9. The molecule has 0 spiro atoms. The van der Waals surface area contributed by atoms with Crippen molar-refractivity contribution in [3.05, 3.63) is 65.7 Å². The van der Waals surface area contributed by atoms with Gasteiger partial charge in [0.1, 0.15) is 5.60 Å². The molecule has 0 aliphatic carbocycles. The summed E-state index contributed by atoms with van der Waals surface area (Å²) in [6.45, 7) is 3.19. The van der Waals surface area contributed by atoms with Crippen LogP contribution in [0.15, 0.2) is 54.6 Å². The van der Waals surface area contributed by atoms with E-state index in [-0.39, 0.29) is 6.04 Å². The Morgan fingerprint density at radius 1 is 1.14 bits per heavy atom. The van der Waals surface area contributed by atoms with Gasteiger partial charge in [-0.25, -0.2) is 0 Å². The summed E-state index contributed by atoms with van der Waals surface area (Å²) < 4.78 is 0. The third-order valence-electron chi connectivity index (χ3n) is 4.16. The smallest absolute Gasteiger partial charge is 0.104 e. The molecule has 0 amide bonds. The van der Waals surface area contributed by atoms with Crippen molar-refractivity contribution in [2.45, 2.75) is 25.0 Å². The number of anilines is 1. The number of rotatable bonds is 3. The van der Waals surface area contributed by atoms with Crippen molar-refractivity contribution < 1.29 is 5.11 Å². The molecular formula is C18H22N2O. The first-order valence-corrected chi connectivity index (χ1v) is 7.42. The lowest BCUT2D eigenvalue weighted by atomic mass is 9.92. The van der Waals surface area contributed by atoms with Gasteiger partial charge < -0.3 is 15.7 Å². The topological polar surface area (TPSA) is 49.5 Å². The van der Waals surface area contributed by atoms with E-state index < -0.39 is 5.60 Å². The third-order valence-corrected chi connectivity index (χ3v) is 4.16. The molecule has 1 aliphatic rings. The molecule has 2 aromatic carbocycles. The number of hydrogen-bond donors (Lipinski definition) is 2. The van der Waals surface area contributed by atoms with E-state index in [0.29, 0.717) is 6.54 Å². The van der Waals surface area contributed by atoms with Crippen LogP contribution in [0.1, 0.15) is 18.1 Å². The van der Waals surface area contributed by atoms with Crippen LogP contribution in [0.25, 0.3) is 0 Å². The maximum Gasteiger partial charge on any atom is 0.104 e. The molecule has 0 saturated heterocycles. The Morgan fingerprint density at radius 2 is 1.81 bits per heavy atom. The molecule has 3 nitrogen and oxygen atoms in total. The van der Waals surface area contributed by atoms with E-state index in [1.54, 1.807) is 0 Å². The zero-order valence-corrected chi connectivity index (χ0v) is 12.4. The van der Waals surface area contributed by atoms with Crippen LogP contribution in [0, 0.1) is 0 Å². The summed E-state index contributed by atoms with van der Waals surface area (Å²) >= 11 is 0. The fraction of sp³-hybridized carbons (Fsp3) is 0.333. The van der Waals surface area contributed by atoms with E-state index in [0.717, 1.165) is 18.5 Å². The predicted octanol–water partition coefficient (Wildman–Crippen LogP) is 2.28. The molecule has 1 aliphatic heterocycles. The van der Waals surface area contributed by atoms with Crippen LogP contribution >= 0.6 is 0 Å². The largest absolute Gasteiger partial charge is 0.384 e. The first kappa shape index (κ1) is 14.1. The van der Waals surface area contributed by atoms with Gasteiger partial charge in [-0.2, -0.15) is 0 Å². The molecule has 3 N–H and O–H groups in total. The SMILES string of the molecule is CC(O)(CN1CC(N)Cc2ccccc21)c1ccccc1. The lowest BCUT2D eigenvalue weighted by Crippen LogP contribution is -2.48. The van der Waals surface area contributed by atoms with E-state index in [9.17, 15) is 5.11 Å². The Labute approximate surface area is 126 Å². The minimum absolute atomic E-state index is 0.117. The van der Waals surface area contributed by atoms with E-state index in [2.05, 4.69) is 17.0 Å². The summed E-state index contributed by atoms with van der Waals surface area (Å²) in [4.78, 5) is 2.20. The molecule has 2 aromatic rings. The highest BCUT2D eigenvalue weighted by molar-refractivity contribution is 5.56. The predicted molar refractivity (Wildman–Crippen MR) is 86.3 cm³/mol. The molecule has 2 atom stereocenters. The van der Waals surface area contributed by atoms with Crippen molar-refractivity contribution in [1.29, 1.82) is 0 Å². The van der Waals surface area contributed by atoms with Gasteiger partial charge >= 0.3 is 0 Å². The van der Waals surface area contributed by atoms with Gasteiger partial charge in [-0.15, -0.1) is 0 Å². The minimum atomic E-state index is -0.897. The molecule has 1 heterocycles. The normalized spacial score (nSPS) is 20.7. The van der Waals surface area contributed by atoms with Crippen LogP contribution in [-0.4, -0.2) is 24.2 Å². The molecule has 3 heteroatoms. The van der Waals surface area contributed by atoms with E-state index >= 15 is 0 Å². The van der Waals surface area contributed by atoms with Gasteiger partial charge in [-0.05, 0) is 30.5 Å². The van der Waals surface area contributed by atoms with E-state index in [1.165, 1.54) is 11.3 Å². The summed E-state index contributed by atoms with van der Waals surface area (Å²) in [7, 11) is 0. The van der Waals surface area contributed by atoms with Crippen LogP contribution in [0.3, 0.4) is 0 Å². The van der Waals surface area contributed by atoms with Crippen molar-refractivity contribution >= 4 is 5.69 Å². The quantitative estimate of drug-likeness (QED) is 0.908. The van der Waals surface area contributed by atoms with Crippen molar-refractivity contribution in [3.63, 3.8) is 0 Å². The number of β-amino-alcohol motifs (C(OH)–C–C–N with tert-alkyl or cyclic N) is 1. The number of para-hydroxylation sites is 1. The van der Waals surface area contributed by atoms with Crippen LogP contribution < -0.4 is 10.6 Å². The van der Waals surface area contributed by atoms with Crippen molar-refractivity contribution in [2.24, 2.45) is 5.73 Å². The van der Waals surface area contributed by atoms with Crippen molar-refractivity contribution in [1.82, 2.24) is 0 Å². The number of nitrogens with two attached hydrogens (primary N) is 1. The summed E-state index contributed by atoms with van der Waals surface area (Å²) in [6, 6.07) is 18.3. The van der Waals surface area contributed by atoms with Gasteiger partial charge in [0.05, 0.1) is 6.54 Å². The van der Waals surface area contributed by atoms with Crippen LogP contribution in [0.4, 0.5) is 5.69 Å². The van der Waals surface area contributed by atoms with Crippen LogP contribution in [0.2, 0.25) is 0 Å². The highest BCUT2D eigenvalue weighted by Gasteiger charge is 2.30. The Morgan fingerprint density at radius 3 is 2.57 bits per heavy atom. The second-order valence-corrected chi connectivity index (χ2v) is 6.11. The molecule has 21 heavy (non-hydrogen) atoms. The van der Waals surface area contributed by atoms with Gasteiger partial charge in [0, 0.05) is 18.3 Å². The van der Waals surface area contributed by atoms with Crippen molar-refractivity contribution in [2.75, 3.05) is 18.0 Å². The summed E-state index contributed by atoms with van der Waals surface area (Å²) in [5, 5.41) is 10.9. The molecule has 2 unspecified atom stereocenters. The Hall–Kier alpha value is -1.84. The number of aliphatic hydroxyl groups is 1. The zero-order chi connectivity index (χ0) is 14.9. The Bertz CT molecular complexity index is 610. The molecule has 0 bridgehead atoms. The lowest BCUT2D eigenvalue weighted by Gasteiger charge is -2.39.